The number of nitrogens with one attached hydrogen (secondary N) is 2. The van der Waals surface area contributed by atoms with Crippen LogP contribution in [0, 0.1) is 5.92 Å². The lowest BCUT2D eigenvalue weighted by atomic mass is 9.89. The Kier molecular flexibility index (Phi) is 6.73. The van der Waals surface area contributed by atoms with Crippen LogP contribution in [0.1, 0.15) is 51.3 Å². The number of aromatic nitrogens is 2. The molecule has 1 fully saturated rings. The van der Waals surface area contributed by atoms with Crippen molar-refractivity contribution in [3.8, 4) is 0 Å². The molecule has 1 aromatic rings. The average molecular weight is 292 g/mol. The predicted molar refractivity (Wildman–Crippen MR) is 86.6 cm³/mol. The maximum Gasteiger partial charge on any atom is 0.158 e. The van der Waals surface area contributed by atoms with Crippen molar-refractivity contribution < 1.29 is 4.74 Å². The molecule has 0 saturated heterocycles. The highest BCUT2D eigenvalue weighted by molar-refractivity contribution is 5.47. The maximum atomic E-state index is 5.16. The van der Waals surface area contributed by atoms with Gasteiger partial charge >= 0.3 is 0 Å². The SMILES string of the molecule is CCCNc1cc(NCC2CCCCC2)nc(COC)n1. The van der Waals surface area contributed by atoms with E-state index in [0.717, 1.165) is 42.9 Å². The largest absolute Gasteiger partial charge is 0.377 e. The molecule has 0 spiro atoms. The molecule has 0 radical (unpaired) electrons. The first-order valence-corrected chi connectivity index (χ1v) is 8.16. The minimum Gasteiger partial charge on any atom is -0.377 e. The Hall–Kier alpha value is -1.36. The highest BCUT2D eigenvalue weighted by atomic mass is 16.5. The summed E-state index contributed by atoms with van der Waals surface area (Å²) in [5.74, 6) is 3.29. The summed E-state index contributed by atoms with van der Waals surface area (Å²) in [4.78, 5) is 9.00. The van der Waals surface area contributed by atoms with Crippen LogP contribution in [0.5, 0.6) is 0 Å². The number of ether oxygens (including phenoxy) is 1. The molecule has 0 unspecified atom stereocenters. The van der Waals surface area contributed by atoms with Crippen molar-refractivity contribution in [3.63, 3.8) is 0 Å². The zero-order valence-electron chi connectivity index (χ0n) is 13.3. The Labute approximate surface area is 127 Å². The Balaban J connectivity index is 1.96. The highest BCUT2D eigenvalue weighted by Crippen LogP contribution is 2.24. The molecule has 5 heteroatoms. The van der Waals surface area contributed by atoms with Crippen LogP contribution in [0.25, 0.3) is 0 Å². The second kappa shape index (κ2) is 8.82. The number of methoxy groups -OCH3 is 1. The van der Waals surface area contributed by atoms with Gasteiger partial charge in [-0.3, -0.25) is 0 Å². The number of nitrogens with zero attached hydrogens (tertiary/aromatic N) is 2. The third-order valence-electron chi connectivity index (χ3n) is 3.90. The van der Waals surface area contributed by atoms with E-state index in [-0.39, 0.29) is 0 Å². The van der Waals surface area contributed by atoms with Gasteiger partial charge in [0.25, 0.3) is 0 Å². The average Bonchev–Trinajstić information content (AvgIpc) is 2.52. The quantitative estimate of drug-likeness (QED) is 0.768. The number of hydrogen-bond acceptors (Lipinski definition) is 5. The molecule has 1 saturated carbocycles. The van der Waals surface area contributed by atoms with E-state index in [1.54, 1.807) is 7.11 Å². The summed E-state index contributed by atoms with van der Waals surface area (Å²) in [5.41, 5.74) is 0. The van der Waals surface area contributed by atoms with Crippen molar-refractivity contribution >= 4 is 11.6 Å². The topological polar surface area (TPSA) is 59.1 Å². The lowest BCUT2D eigenvalue weighted by Gasteiger charge is -2.22. The van der Waals surface area contributed by atoms with Crippen LogP contribution in [-0.4, -0.2) is 30.2 Å². The minimum absolute atomic E-state index is 0.444. The second-order valence-electron chi connectivity index (χ2n) is 5.80. The third-order valence-corrected chi connectivity index (χ3v) is 3.90. The van der Waals surface area contributed by atoms with Crippen molar-refractivity contribution in [2.75, 3.05) is 30.8 Å². The van der Waals surface area contributed by atoms with Gasteiger partial charge in [-0.15, -0.1) is 0 Å². The summed E-state index contributed by atoms with van der Waals surface area (Å²) in [6, 6.07) is 2.00. The molecule has 0 amide bonds. The normalized spacial score (nSPS) is 15.9. The monoisotopic (exact) mass is 292 g/mol. The van der Waals surface area contributed by atoms with Crippen molar-refractivity contribution in [3.05, 3.63) is 11.9 Å². The molecule has 118 valence electrons. The van der Waals surface area contributed by atoms with Gasteiger partial charge in [0.1, 0.15) is 18.2 Å². The maximum absolute atomic E-state index is 5.16. The van der Waals surface area contributed by atoms with Gasteiger partial charge in [-0.1, -0.05) is 26.2 Å². The Bertz CT molecular complexity index is 419. The predicted octanol–water partition coefficient (Wildman–Crippen LogP) is 3.44. The van der Waals surface area contributed by atoms with Gasteiger partial charge in [0, 0.05) is 26.3 Å². The summed E-state index contributed by atoms with van der Waals surface area (Å²) < 4.78 is 5.16. The van der Waals surface area contributed by atoms with E-state index in [4.69, 9.17) is 4.74 Å². The van der Waals surface area contributed by atoms with Crippen LogP contribution in [-0.2, 0) is 11.3 Å². The molecule has 2 N–H and O–H groups in total. The molecule has 21 heavy (non-hydrogen) atoms. The molecule has 1 aliphatic carbocycles. The summed E-state index contributed by atoms with van der Waals surface area (Å²) in [6.07, 6.45) is 7.89. The molecule has 0 atom stereocenters. The smallest absolute Gasteiger partial charge is 0.158 e. The molecule has 1 heterocycles. The van der Waals surface area contributed by atoms with Crippen molar-refractivity contribution in [1.82, 2.24) is 9.97 Å². The van der Waals surface area contributed by atoms with Crippen molar-refractivity contribution in [2.24, 2.45) is 5.92 Å². The molecule has 1 aliphatic rings. The molecule has 0 bridgehead atoms. The van der Waals surface area contributed by atoms with Gasteiger partial charge in [0.2, 0.25) is 0 Å². The van der Waals surface area contributed by atoms with E-state index in [0.29, 0.717) is 6.61 Å². The van der Waals surface area contributed by atoms with Gasteiger partial charge in [-0.05, 0) is 25.2 Å². The number of hydrogen-bond donors (Lipinski definition) is 2. The lowest BCUT2D eigenvalue weighted by Crippen LogP contribution is -2.18. The Morgan fingerprint density at radius 3 is 2.52 bits per heavy atom. The van der Waals surface area contributed by atoms with Gasteiger partial charge in [0.15, 0.2) is 5.82 Å². The van der Waals surface area contributed by atoms with E-state index in [2.05, 4.69) is 27.5 Å². The molecule has 5 nitrogen and oxygen atoms in total. The van der Waals surface area contributed by atoms with E-state index < -0.39 is 0 Å². The van der Waals surface area contributed by atoms with Crippen LogP contribution >= 0.6 is 0 Å². The van der Waals surface area contributed by atoms with E-state index in [1.165, 1.54) is 32.1 Å². The van der Waals surface area contributed by atoms with Gasteiger partial charge in [0.05, 0.1) is 0 Å². The fourth-order valence-electron chi connectivity index (χ4n) is 2.77. The highest BCUT2D eigenvalue weighted by Gasteiger charge is 2.13. The first-order valence-electron chi connectivity index (χ1n) is 8.16. The fourth-order valence-corrected chi connectivity index (χ4v) is 2.77. The molecular weight excluding hydrogens is 264 g/mol. The first kappa shape index (κ1) is 16.0. The minimum atomic E-state index is 0.444. The first-order chi connectivity index (χ1) is 10.3. The Morgan fingerprint density at radius 1 is 1.14 bits per heavy atom. The van der Waals surface area contributed by atoms with E-state index in [9.17, 15) is 0 Å². The Morgan fingerprint density at radius 2 is 1.86 bits per heavy atom. The molecular formula is C16H28N4O. The van der Waals surface area contributed by atoms with Crippen LogP contribution < -0.4 is 10.6 Å². The number of rotatable bonds is 8. The zero-order valence-corrected chi connectivity index (χ0v) is 13.3. The third kappa shape index (κ3) is 5.50. The number of anilines is 2. The van der Waals surface area contributed by atoms with Crippen LogP contribution in [0.15, 0.2) is 6.07 Å². The lowest BCUT2D eigenvalue weighted by molar-refractivity contribution is 0.178. The van der Waals surface area contributed by atoms with Crippen molar-refractivity contribution in [2.45, 2.75) is 52.1 Å². The van der Waals surface area contributed by atoms with E-state index >= 15 is 0 Å². The molecule has 2 rings (SSSR count). The van der Waals surface area contributed by atoms with Crippen LogP contribution in [0.2, 0.25) is 0 Å². The molecule has 1 aromatic heterocycles. The summed E-state index contributed by atoms with van der Waals surface area (Å²) in [5, 5.41) is 6.81. The van der Waals surface area contributed by atoms with Gasteiger partial charge in [-0.25, -0.2) is 9.97 Å². The zero-order chi connectivity index (χ0) is 14.9. The fraction of sp³-hybridized carbons (Fsp3) is 0.750. The summed E-state index contributed by atoms with van der Waals surface area (Å²) >= 11 is 0. The van der Waals surface area contributed by atoms with Gasteiger partial charge < -0.3 is 15.4 Å². The molecule has 0 aromatic carbocycles. The van der Waals surface area contributed by atoms with Crippen LogP contribution in [0.4, 0.5) is 11.6 Å². The van der Waals surface area contributed by atoms with Gasteiger partial charge in [-0.2, -0.15) is 0 Å². The van der Waals surface area contributed by atoms with Crippen LogP contribution in [0.3, 0.4) is 0 Å². The second-order valence-corrected chi connectivity index (χ2v) is 5.80. The standard InChI is InChI=1S/C16H28N4O/c1-3-9-17-14-10-15(20-16(19-14)12-21-2)18-11-13-7-5-4-6-8-13/h10,13H,3-9,11-12H2,1-2H3,(H2,17,18,19,20). The van der Waals surface area contributed by atoms with Crippen molar-refractivity contribution in [1.29, 1.82) is 0 Å². The summed E-state index contributed by atoms with van der Waals surface area (Å²) in [7, 11) is 1.67. The summed E-state index contributed by atoms with van der Waals surface area (Å²) in [6.45, 7) is 4.52. The van der Waals surface area contributed by atoms with E-state index in [1.807, 2.05) is 6.07 Å². The molecule has 0 aliphatic heterocycles.